The first kappa shape index (κ1) is 20.8. The highest BCUT2D eigenvalue weighted by atomic mass is 32.2. The molecule has 1 aliphatic heterocycles. The molecule has 9 nitrogen and oxygen atoms in total. The fourth-order valence-electron chi connectivity index (χ4n) is 3.18. The number of benzene rings is 2. The SMILES string of the molecule is CCc1nc(CN2C(=O)COc3cc(S(=O)(=O)Nc4ccccc4F)c(C)cc32)no1. The molecule has 0 spiro atoms. The Morgan fingerprint density at radius 1 is 1.26 bits per heavy atom. The predicted molar refractivity (Wildman–Crippen MR) is 109 cm³/mol. The number of carbonyl (C=O) groups is 1. The van der Waals surface area contributed by atoms with Gasteiger partial charge in [0.25, 0.3) is 15.9 Å². The van der Waals surface area contributed by atoms with E-state index in [1.165, 1.54) is 35.2 Å². The summed E-state index contributed by atoms with van der Waals surface area (Å²) in [5.74, 6) is -0.0316. The maximum Gasteiger partial charge on any atom is 0.265 e. The molecule has 4 rings (SSSR count). The predicted octanol–water partition coefficient (Wildman–Crippen LogP) is 2.81. The summed E-state index contributed by atoms with van der Waals surface area (Å²) in [5, 5.41) is 3.86. The van der Waals surface area contributed by atoms with Crippen LogP contribution in [0.1, 0.15) is 24.2 Å². The van der Waals surface area contributed by atoms with Gasteiger partial charge in [0.15, 0.2) is 12.4 Å². The Balaban J connectivity index is 1.68. The Morgan fingerprint density at radius 2 is 2.03 bits per heavy atom. The molecule has 11 heteroatoms. The van der Waals surface area contributed by atoms with Crippen molar-refractivity contribution in [1.29, 1.82) is 0 Å². The van der Waals surface area contributed by atoms with Crippen molar-refractivity contribution in [2.75, 3.05) is 16.2 Å². The number of halogens is 1. The summed E-state index contributed by atoms with van der Waals surface area (Å²) in [6.45, 7) is 3.23. The van der Waals surface area contributed by atoms with Gasteiger partial charge in [-0.2, -0.15) is 4.98 Å². The Labute approximate surface area is 177 Å². The first-order chi connectivity index (χ1) is 14.8. The molecule has 0 radical (unpaired) electrons. The van der Waals surface area contributed by atoms with Crippen LogP contribution in [-0.2, 0) is 27.8 Å². The monoisotopic (exact) mass is 446 g/mol. The third-order valence-corrected chi connectivity index (χ3v) is 6.23. The summed E-state index contributed by atoms with van der Waals surface area (Å²) < 4.78 is 52.5. The highest BCUT2D eigenvalue weighted by molar-refractivity contribution is 7.92. The molecular weight excluding hydrogens is 427 g/mol. The molecule has 2 aromatic carbocycles. The van der Waals surface area contributed by atoms with Crippen LogP contribution in [0.25, 0.3) is 0 Å². The number of anilines is 2. The number of ether oxygens (including phenoxy) is 1. The highest BCUT2D eigenvalue weighted by Crippen LogP contribution is 2.37. The zero-order valence-electron chi connectivity index (χ0n) is 16.8. The normalized spacial score (nSPS) is 13.6. The minimum Gasteiger partial charge on any atom is -0.482 e. The number of amides is 1. The lowest BCUT2D eigenvalue weighted by molar-refractivity contribution is -0.121. The van der Waals surface area contributed by atoms with E-state index < -0.39 is 15.8 Å². The van der Waals surface area contributed by atoms with Crippen molar-refractivity contribution in [2.24, 2.45) is 0 Å². The summed E-state index contributed by atoms with van der Waals surface area (Å²) in [4.78, 5) is 18.0. The quantitative estimate of drug-likeness (QED) is 0.619. The second kappa shape index (κ2) is 7.99. The van der Waals surface area contributed by atoms with E-state index in [1.54, 1.807) is 6.92 Å². The van der Waals surface area contributed by atoms with E-state index >= 15 is 0 Å². The van der Waals surface area contributed by atoms with E-state index in [-0.39, 0.29) is 35.4 Å². The second-order valence-corrected chi connectivity index (χ2v) is 8.55. The fraction of sp³-hybridized carbons (Fsp3) is 0.250. The number of carbonyl (C=O) groups excluding carboxylic acids is 1. The molecule has 1 N–H and O–H groups in total. The van der Waals surface area contributed by atoms with Crippen LogP contribution < -0.4 is 14.4 Å². The first-order valence-electron chi connectivity index (χ1n) is 9.45. The lowest BCUT2D eigenvalue weighted by atomic mass is 10.1. The summed E-state index contributed by atoms with van der Waals surface area (Å²) in [6, 6.07) is 8.32. The van der Waals surface area contributed by atoms with Crippen molar-refractivity contribution in [1.82, 2.24) is 10.1 Å². The van der Waals surface area contributed by atoms with E-state index in [2.05, 4.69) is 14.9 Å². The van der Waals surface area contributed by atoms with Crippen LogP contribution in [0.3, 0.4) is 0 Å². The van der Waals surface area contributed by atoms with Crippen LogP contribution in [0.15, 0.2) is 45.8 Å². The highest BCUT2D eigenvalue weighted by Gasteiger charge is 2.30. The summed E-state index contributed by atoms with van der Waals surface area (Å²) in [7, 11) is -4.10. The lowest BCUT2D eigenvalue weighted by Crippen LogP contribution is -2.38. The maximum absolute atomic E-state index is 13.9. The van der Waals surface area contributed by atoms with Crippen LogP contribution in [0.5, 0.6) is 5.75 Å². The molecule has 0 unspecified atom stereocenters. The number of fused-ring (bicyclic) bond motifs is 1. The number of sulfonamides is 1. The van der Waals surface area contributed by atoms with Crippen molar-refractivity contribution < 1.29 is 26.9 Å². The molecule has 0 atom stereocenters. The Bertz CT molecular complexity index is 1260. The average Bonchev–Trinajstić information content (AvgIpc) is 3.19. The molecule has 0 saturated carbocycles. The summed E-state index contributed by atoms with van der Waals surface area (Å²) >= 11 is 0. The van der Waals surface area contributed by atoms with Crippen LogP contribution in [0, 0.1) is 12.7 Å². The minimum atomic E-state index is -4.10. The first-order valence-corrected chi connectivity index (χ1v) is 10.9. The van der Waals surface area contributed by atoms with Crippen molar-refractivity contribution in [3.8, 4) is 5.75 Å². The van der Waals surface area contributed by atoms with E-state index in [0.717, 1.165) is 6.07 Å². The minimum absolute atomic E-state index is 0.0533. The van der Waals surface area contributed by atoms with Crippen LogP contribution in [0.2, 0.25) is 0 Å². The van der Waals surface area contributed by atoms with Gasteiger partial charge in [0, 0.05) is 12.5 Å². The third-order valence-electron chi connectivity index (χ3n) is 4.72. The molecule has 162 valence electrons. The Hall–Kier alpha value is -3.47. The molecule has 3 aromatic rings. The second-order valence-electron chi connectivity index (χ2n) is 6.90. The van der Waals surface area contributed by atoms with E-state index in [1.807, 2.05) is 6.92 Å². The Morgan fingerprint density at radius 3 is 2.74 bits per heavy atom. The van der Waals surface area contributed by atoms with Gasteiger partial charge in [0.2, 0.25) is 5.89 Å². The summed E-state index contributed by atoms with van der Waals surface area (Å²) in [5.41, 5.74) is 0.580. The smallest absolute Gasteiger partial charge is 0.265 e. The van der Waals surface area contributed by atoms with Gasteiger partial charge < -0.3 is 9.26 Å². The molecular formula is C20H19FN4O5S. The Kier molecular flexibility index (Phi) is 5.36. The van der Waals surface area contributed by atoms with Crippen LogP contribution in [0.4, 0.5) is 15.8 Å². The lowest BCUT2D eigenvalue weighted by Gasteiger charge is -2.29. The van der Waals surface area contributed by atoms with Crippen molar-refractivity contribution >= 4 is 27.3 Å². The van der Waals surface area contributed by atoms with Crippen molar-refractivity contribution in [2.45, 2.75) is 31.7 Å². The number of hydrogen-bond acceptors (Lipinski definition) is 7. The van der Waals surface area contributed by atoms with Crippen LogP contribution >= 0.6 is 0 Å². The number of hydrogen-bond donors (Lipinski definition) is 1. The molecule has 0 aliphatic carbocycles. The molecule has 2 heterocycles. The number of nitrogens with zero attached hydrogens (tertiary/aromatic N) is 3. The van der Waals surface area contributed by atoms with Gasteiger partial charge in [-0.05, 0) is 30.7 Å². The number of para-hydroxylation sites is 1. The van der Waals surface area contributed by atoms with Gasteiger partial charge in [-0.1, -0.05) is 24.2 Å². The van der Waals surface area contributed by atoms with Gasteiger partial charge >= 0.3 is 0 Å². The molecule has 31 heavy (non-hydrogen) atoms. The average molecular weight is 446 g/mol. The third kappa shape index (κ3) is 4.08. The number of aryl methyl sites for hydroxylation is 2. The van der Waals surface area contributed by atoms with Crippen molar-refractivity contribution in [3.05, 3.63) is 59.5 Å². The maximum atomic E-state index is 13.9. The van der Waals surface area contributed by atoms with Crippen LogP contribution in [-0.4, -0.2) is 31.1 Å². The molecule has 0 bridgehead atoms. The molecule has 0 saturated heterocycles. The van der Waals surface area contributed by atoms with E-state index in [4.69, 9.17) is 9.26 Å². The zero-order valence-corrected chi connectivity index (χ0v) is 17.6. The van der Waals surface area contributed by atoms with Gasteiger partial charge in [0.1, 0.15) is 11.6 Å². The van der Waals surface area contributed by atoms with E-state index in [0.29, 0.717) is 29.4 Å². The standard InChI is InChI=1S/C20H19FN4O5S/c1-3-19-22-18(23-30-19)10-25-15-8-12(2)17(9-16(15)29-11-20(25)26)31(27,28)24-14-7-5-4-6-13(14)21/h4-9,24H,3,10-11H2,1-2H3. The molecule has 1 aromatic heterocycles. The zero-order chi connectivity index (χ0) is 22.2. The number of nitrogens with one attached hydrogen (secondary N) is 1. The number of aromatic nitrogens is 2. The van der Waals surface area contributed by atoms with E-state index in [9.17, 15) is 17.6 Å². The summed E-state index contributed by atoms with van der Waals surface area (Å²) in [6.07, 6.45) is 0.565. The molecule has 1 amide bonds. The van der Waals surface area contributed by atoms with Gasteiger partial charge in [-0.3, -0.25) is 14.4 Å². The number of rotatable bonds is 6. The molecule has 0 fully saturated rings. The molecule has 1 aliphatic rings. The largest absolute Gasteiger partial charge is 0.482 e. The van der Waals surface area contributed by atoms with Crippen molar-refractivity contribution in [3.63, 3.8) is 0 Å². The fourth-order valence-corrected chi connectivity index (χ4v) is 4.49. The van der Waals surface area contributed by atoms with Gasteiger partial charge in [0.05, 0.1) is 22.8 Å². The van der Waals surface area contributed by atoms with Gasteiger partial charge in [-0.25, -0.2) is 12.8 Å². The topological polar surface area (TPSA) is 115 Å². The van der Waals surface area contributed by atoms with Gasteiger partial charge in [-0.15, -0.1) is 0 Å².